The number of hydrogen-bond acceptors (Lipinski definition) is 3. The average molecular weight is 243 g/mol. The van der Waals surface area contributed by atoms with E-state index in [9.17, 15) is 8.42 Å². The van der Waals surface area contributed by atoms with Crippen molar-refractivity contribution in [3.8, 4) is 0 Å². The van der Waals surface area contributed by atoms with E-state index in [-0.39, 0.29) is 12.0 Å². The summed E-state index contributed by atoms with van der Waals surface area (Å²) >= 11 is 0. The van der Waals surface area contributed by atoms with Crippen LogP contribution >= 0.6 is 0 Å². The summed E-state index contributed by atoms with van der Waals surface area (Å²) in [5.41, 5.74) is 5.79. The predicted molar refractivity (Wildman–Crippen MR) is 61.3 cm³/mol. The van der Waals surface area contributed by atoms with Gasteiger partial charge in [-0.3, -0.25) is 0 Å². The fraction of sp³-hybridized carbons (Fsp3) is 0.600. The van der Waals surface area contributed by atoms with Gasteiger partial charge in [-0.25, -0.2) is 8.42 Å². The Morgan fingerprint density at radius 3 is 2.88 bits per heavy atom. The van der Waals surface area contributed by atoms with E-state index in [1.807, 2.05) is 6.92 Å². The summed E-state index contributed by atoms with van der Waals surface area (Å²) in [5, 5.41) is 0. The normalized spacial score (nSPS) is 24.8. The molecule has 3 N–H and O–H groups in total. The summed E-state index contributed by atoms with van der Waals surface area (Å²) in [7, 11) is -3.32. The molecular formula is C10H17N3O2S. The Labute approximate surface area is 95.7 Å². The molecule has 5 nitrogen and oxygen atoms in total. The summed E-state index contributed by atoms with van der Waals surface area (Å²) in [6, 6.07) is 1.63. The van der Waals surface area contributed by atoms with Gasteiger partial charge >= 0.3 is 0 Å². The molecule has 0 spiro atoms. The first kappa shape index (κ1) is 11.6. The molecule has 1 aromatic rings. The van der Waals surface area contributed by atoms with Gasteiger partial charge in [-0.15, -0.1) is 0 Å². The van der Waals surface area contributed by atoms with E-state index in [4.69, 9.17) is 5.73 Å². The molecule has 0 radical (unpaired) electrons. The van der Waals surface area contributed by atoms with Crippen molar-refractivity contribution in [3.63, 3.8) is 0 Å². The number of aromatic nitrogens is 1. The van der Waals surface area contributed by atoms with Gasteiger partial charge in [-0.2, -0.15) is 4.31 Å². The molecule has 1 fully saturated rings. The topological polar surface area (TPSA) is 79.2 Å². The van der Waals surface area contributed by atoms with Crippen LogP contribution in [0.5, 0.6) is 0 Å². The lowest BCUT2D eigenvalue weighted by atomic mass is 10.0. The summed E-state index contributed by atoms with van der Waals surface area (Å²) < 4.78 is 25.8. The Morgan fingerprint density at radius 2 is 2.38 bits per heavy atom. The largest absolute Gasteiger partial charge is 0.366 e. The molecule has 1 saturated heterocycles. The van der Waals surface area contributed by atoms with Gasteiger partial charge in [-0.05, 0) is 25.3 Å². The number of aromatic amines is 1. The number of nitrogens with one attached hydrogen (secondary N) is 1. The zero-order valence-corrected chi connectivity index (χ0v) is 10.1. The molecule has 2 rings (SSSR count). The van der Waals surface area contributed by atoms with E-state index in [1.165, 1.54) is 10.5 Å². The highest BCUT2D eigenvalue weighted by molar-refractivity contribution is 7.89. The van der Waals surface area contributed by atoms with Gasteiger partial charge in [0.05, 0.1) is 4.90 Å². The number of nitrogens with zero attached hydrogens (tertiary/aromatic N) is 1. The molecule has 2 atom stereocenters. The van der Waals surface area contributed by atoms with Crippen molar-refractivity contribution in [2.24, 2.45) is 11.7 Å². The highest BCUT2D eigenvalue weighted by Crippen LogP contribution is 2.25. The maximum absolute atomic E-state index is 12.1. The Morgan fingerprint density at radius 1 is 1.62 bits per heavy atom. The van der Waals surface area contributed by atoms with Crippen LogP contribution in [-0.4, -0.2) is 36.8 Å². The van der Waals surface area contributed by atoms with Gasteiger partial charge in [0.1, 0.15) is 0 Å². The SMILES string of the molecule is CC(N)C1CCN(S(=O)(=O)c2cc[nH]c2)C1. The number of hydrogen-bond donors (Lipinski definition) is 2. The first-order valence-electron chi connectivity index (χ1n) is 5.40. The average Bonchev–Trinajstić information content (AvgIpc) is 2.90. The number of H-pyrrole nitrogens is 1. The fourth-order valence-corrected chi connectivity index (χ4v) is 3.51. The molecule has 1 aromatic heterocycles. The Balaban J connectivity index is 2.16. The molecule has 6 heteroatoms. The van der Waals surface area contributed by atoms with E-state index in [0.29, 0.717) is 18.0 Å². The van der Waals surface area contributed by atoms with Crippen molar-refractivity contribution in [3.05, 3.63) is 18.5 Å². The minimum atomic E-state index is -3.32. The third kappa shape index (κ3) is 2.00. The molecule has 1 aliphatic rings. The van der Waals surface area contributed by atoms with E-state index in [0.717, 1.165) is 6.42 Å². The van der Waals surface area contributed by atoms with Crippen LogP contribution in [0.2, 0.25) is 0 Å². The Kier molecular flexibility index (Phi) is 3.05. The van der Waals surface area contributed by atoms with Crippen molar-refractivity contribution >= 4 is 10.0 Å². The van der Waals surface area contributed by atoms with Crippen LogP contribution in [0.3, 0.4) is 0 Å². The Bertz CT molecular complexity index is 439. The Hall–Kier alpha value is -0.850. The summed E-state index contributed by atoms with van der Waals surface area (Å²) in [6.07, 6.45) is 3.97. The van der Waals surface area contributed by atoms with Gasteiger partial charge in [0, 0.05) is 31.5 Å². The summed E-state index contributed by atoms with van der Waals surface area (Å²) in [6.45, 7) is 3.03. The van der Waals surface area contributed by atoms with Crippen molar-refractivity contribution in [1.29, 1.82) is 0 Å². The van der Waals surface area contributed by atoms with E-state index < -0.39 is 10.0 Å². The number of nitrogens with two attached hydrogens (primary N) is 1. The van der Waals surface area contributed by atoms with E-state index in [1.54, 1.807) is 12.3 Å². The van der Waals surface area contributed by atoms with Crippen molar-refractivity contribution in [2.45, 2.75) is 24.3 Å². The predicted octanol–water partition coefficient (Wildman–Crippen LogP) is 0.373. The molecule has 0 aliphatic carbocycles. The molecule has 16 heavy (non-hydrogen) atoms. The minimum absolute atomic E-state index is 0.0476. The fourth-order valence-electron chi connectivity index (χ4n) is 2.02. The molecule has 1 aliphatic heterocycles. The maximum atomic E-state index is 12.1. The van der Waals surface area contributed by atoms with Gasteiger partial charge in [-0.1, -0.05) is 0 Å². The van der Waals surface area contributed by atoms with Gasteiger partial charge < -0.3 is 10.7 Å². The van der Waals surface area contributed by atoms with Gasteiger partial charge in [0.25, 0.3) is 0 Å². The number of sulfonamides is 1. The lowest BCUT2D eigenvalue weighted by Gasteiger charge is -2.17. The van der Waals surface area contributed by atoms with Crippen molar-refractivity contribution in [1.82, 2.24) is 9.29 Å². The monoisotopic (exact) mass is 243 g/mol. The maximum Gasteiger partial charge on any atom is 0.244 e. The lowest BCUT2D eigenvalue weighted by molar-refractivity contribution is 0.429. The highest BCUT2D eigenvalue weighted by atomic mass is 32.2. The molecule has 2 heterocycles. The van der Waals surface area contributed by atoms with Crippen LogP contribution in [0.4, 0.5) is 0 Å². The smallest absolute Gasteiger partial charge is 0.244 e. The molecule has 2 unspecified atom stereocenters. The van der Waals surface area contributed by atoms with Crippen LogP contribution in [0.25, 0.3) is 0 Å². The van der Waals surface area contributed by atoms with E-state index >= 15 is 0 Å². The molecule has 0 aromatic carbocycles. The second-order valence-corrected chi connectivity index (χ2v) is 6.26. The molecule has 90 valence electrons. The van der Waals surface area contributed by atoms with Crippen molar-refractivity contribution in [2.75, 3.05) is 13.1 Å². The third-order valence-corrected chi connectivity index (χ3v) is 5.00. The molecular weight excluding hydrogens is 226 g/mol. The van der Waals surface area contributed by atoms with Crippen LogP contribution in [0.15, 0.2) is 23.4 Å². The van der Waals surface area contributed by atoms with Crippen LogP contribution in [-0.2, 0) is 10.0 Å². The first-order valence-corrected chi connectivity index (χ1v) is 6.84. The third-order valence-electron chi connectivity index (χ3n) is 3.14. The summed E-state index contributed by atoms with van der Waals surface area (Å²) in [4.78, 5) is 3.09. The van der Waals surface area contributed by atoms with Crippen LogP contribution < -0.4 is 5.73 Å². The second-order valence-electron chi connectivity index (χ2n) is 4.32. The van der Waals surface area contributed by atoms with Crippen LogP contribution in [0, 0.1) is 5.92 Å². The van der Waals surface area contributed by atoms with Crippen LogP contribution in [0.1, 0.15) is 13.3 Å². The zero-order chi connectivity index (χ0) is 11.8. The highest BCUT2D eigenvalue weighted by Gasteiger charge is 2.33. The van der Waals surface area contributed by atoms with Crippen molar-refractivity contribution < 1.29 is 8.42 Å². The molecule has 0 saturated carbocycles. The number of rotatable bonds is 3. The minimum Gasteiger partial charge on any atom is -0.366 e. The van der Waals surface area contributed by atoms with E-state index in [2.05, 4.69) is 4.98 Å². The summed E-state index contributed by atoms with van der Waals surface area (Å²) in [5.74, 6) is 0.272. The molecule has 0 amide bonds. The van der Waals surface area contributed by atoms with Gasteiger partial charge in [0.15, 0.2) is 0 Å². The second kappa shape index (κ2) is 4.20. The lowest BCUT2D eigenvalue weighted by Crippen LogP contribution is -2.32. The first-order chi connectivity index (χ1) is 7.51. The standard InChI is InChI=1S/C10H17N3O2S/c1-8(11)9-3-5-13(7-9)16(14,15)10-2-4-12-6-10/h2,4,6,8-9,12H,3,5,7,11H2,1H3. The molecule has 0 bridgehead atoms. The zero-order valence-electron chi connectivity index (χ0n) is 9.26. The quantitative estimate of drug-likeness (QED) is 0.805. The van der Waals surface area contributed by atoms with Gasteiger partial charge in [0.2, 0.25) is 10.0 Å².